The number of hydrogen-bond donors (Lipinski definition) is 1. The molecule has 1 aliphatic heterocycles. The number of amides is 2. The van der Waals surface area contributed by atoms with Crippen LogP contribution in [-0.2, 0) is 29.3 Å². The van der Waals surface area contributed by atoms with Crippen molar-refractivity contribution in [2.45, 2.75) is 52.6 Å². The highest BCUT2D eigenvalue weighted by Crippen LogP contribution is 2.28. The number of nitrogens with zero attached hydrogens (tertiary/aromatic N) is 2. The summed E-state index contributed by atoms with van der Waals surface area (Å²) in [5, 5.41) is 3.03. The van der Waals surface area contributed by atoms with E-state index in [1.54, 1.807) is 23.3 Å². The van der Waals surface area contributed by atoms with Crippen LogP contribution in [0.2, 0.25) is 0 Å². The van der Waals surface area contributed by atoms with Gasteiger partial charge in [-0.25, -0.2) is 4.39 Å². The molecule has 2 amide bonds. The minimum absolute atomic E-state index is 0.0760. The van der Waals surface area contributed by atoms with Crippen LogP contribution in [0.3, 0.4) is 0 Å². The number of furan rings is 1. The van der Waals surface area contributed by atoms with E-state index in [1.165, 1.54) is 6.07 Å². The summed E-state index contributed by atoms with van der Waals surface area (Å²) >= 11 is 0. The minimum atomic E-state index is -0.721. The maximum atomic E-state index is 15.2. The van der Waals surface area contributed by atoms with Crippen LogP contribution in [0.25, 0.3) is 11.3 Å². The lowest BCUT2D eigenvalue weighted by molar-refractivity contribution is -0.150. The molecule has 0 radical (unpaired) electrons. The highest BCUT2D eigenvalue weighted by atomic mass is 19.1. The third-order valence-electron chi connectivity index (χ3n) is 7.74. The Morgan fingerprint density at radius 1 is 0.953 bits per heavy atom. The van der Waals surface area contributed by atoms with Gasteiger partial charge in [0.05, 0.1) is 6.26 Å². The minimum Gasteiger partial charge on any atom is -0.488 e. The van der Waals surface area contributed by atoms with Gasteiger partial charge in [-0.3, -0.25) is 14.5 Å². The molecule has 1 aromatic heterocycles. The molecule has 1 N–H and O–H groups in total. The molecule has 224 valence electrons. The molecule has 2 heterocycles. The molecule has 1 fully saturated rings. The molecule has 5 rings (SSSR count). The predicted octanol–water partition coefficient (Wildman–Crippen LogP) is 6.04. The third kappa shape index (κ3) is 7.32. The molecular weight excluding hydrogens is 545 g/mol. The first-order chi connectivity index (χ1) is 20.8. The Morgan fingerprint density at radius 3 is 2.42 bits per heavy atom. The van der Waals surface area contributed by atoms with Gasteiger partial charge in [0.15, 0.2) is 0 Å². The van der Waals surface area contributed by atoms with Crippen molar-refractivity contribution in [3.63, 3.8) is 0 Å². The molecular formula is C35H38FN3O4. The number of benzene rings is 3. The van der Waals surface area contributed by atoms with E-state index in [0.717, 1.165) is 22.5 Å². The second-order valence-electron chi connectivity index (χ2n) is 11.3. The molecule has 0 saturated carbocycles. The van der Waals surface area contributed by atoms with Gasteiger partial charge in [0, 0.05) is 49.3 Å². The monoisotopic (exact) mass is 583 g/mol. The van der Waals surface area contributed by atoms with Gasteiger partial charge in [-0.1, -0.05) is 74.5 Å². The predicted molar refractivity (Wildman–Crippen MR) is 163 cm³/mol. The molecule has 0 bridgehead atoms. The summed E-state index contributed by atoms with van der Waals surface area (Å²) in [6, 6.07) is 25.1. The first-order valence-corrected chi connectivity index (χ1v) is 14.7. The van der Waals surface area contributed by atoms with Crippen molar-refractivity contribution in [2.75, 3.05) is 13.1 Å². The number of piperazine rings is 1. The van der Waals surface area contributed by atoms with E-state index in [2.05, 4.69) is 5.32 Å². The second-order valence-corrected chi connectivity index (χ2v) is 11.3. The third-order valence-corrected chi connectivity index (χ3v) is 7.74. The van der Waals surface area contributed by atoms with Gasteiger partial charge >= 0.3 is 0 Å². The maximum absolute atomic E-state index is 15.2. The van der Waals surface area contributed by atoms with Crippen molar-refractivity contribution in [3.8, 4) is 17.1 Å². The lowest BCUT2D eigenvalue weighted by Gasteiger charge is -2.45. The van der Waals surface area contributed by atoms with E-state index in [4.69, 9.17) is 9.15 Å². The molecule has 1 aliphatic rings. The van der Waals surface area contributed by atoms with Crippen LogP contribution in [0.5, 0.6) is 5.75 Å². The van der Waals surface area contributed by atoms with Gasteiger partial charge in [-0.15, -0.1) is 0 Å². The Hall–Kier alpha value is -4.43. The standard InChI is InChI=1S/C35H38FN3O4/c1-24(2)35(41)39-25(3)20-38(21-29-30(36)11-7-12-33(29)43-23-27-9-5-4-6-10-27)22-31(39)34(40)37-19-26-14-16-28(17-15-26)32-13-8-18-42-32/h4-18,24-25,31H,19-23H2,1-3H3,(H,37,40). The number of ether oxygens (including phenoxy) is 1. The summed E-state index contributed by atoms with van der Waals surface area (Å²) < 4.78 is 26.7. The summed E-state index contributed by atoms with van der Waals surface area (Å²) in [7, 11) is 0. The van der Waals surface area contributed by atoms with Crippen molar-refractivity contribution < 1.29 is 23.1 Å². The highest BCUT2D eigenvalue weighted by Gasteiger charge is 2.40. The smallest absolute Gasteiger partial charge is 0.244 e. The van der Waals surface area contributed by atoms with Crippen molar-refractivity contribution in [1.82, 2.24) is 15.1 Å². The molecule has 2 unspecified atom stereocenters. The van der Waals surface area contributed by atoms with E-state index < -0.39 is 6.04 Å². The molecule has 1 saturated heterocycles. The molecule has 0 spiro atoms. The van der Waals surface area contributed by atoms with Gasteiger partial charge < -0.3 is 19.4 Å². The van der Waals surface area contributed by atoms with Crippen molar-refractivity contribution in [3.05, 3.63) is 114 Å². The highest BCUT2D eigenvalue weighted by molar-refractivity contribution is 5.89. The van der Waals surface area contributed by atoms with E-state index in [0.29, 0.717) is 31.0 Å². The number of carbonyl (C=O) groups excluding carboxylic acids is 2. The Kier molecular flexibility index (Phi) is 9.57. The Morgan fingerprint density at radius 2 is 1.72 bits per heavy atom. The topological polar surface area (TPSA) is 75.0 Å². The molecule has 4 aromatic rings. The van der Waals surface area contributed by atoms with E-state index in [-0.39, 0.29) is 42.7 Å². The molecule has 8 heteroatoms. The van der Waals surface area contributed by atoms with Crippen LogP contribution < -0.4 is 10.1 Å². The van der Waals surface area contributed by atoms with Crippen molar-refractivity contribution in [1.29, 1.82) is 0 Å². The van der Waals surface area contributed by atoms with Gasteiger partial charge in [-0.05, 0) is 42.3 Å². The summed E-state index contributed by atoms with van der Waals surface area (Å²) in [5.74, 6) is 0.304. The molecule has 0 aliphatic carbocycles. The Balaban J connectivity index is 1.30. The number of rotatable bonds is 10. The lowest BCUT2D eigenvalue weighted by atomic mass is 10.0. The van der Waals surface area contributed by atoms with E-state index >= 15 is 4.39 Å². The molecule has 43 heavy (non-hydrogen) atoms. The summed E-state index contributed by atoms with van der Waals surface area (Å²) in [6.45, 7) is 7.28. The van der Waals surface area contributed by atoms with Gasteiger partial charge in [0.2, 0.25) is 11.8 Å². The van der Waals surface area contributed by atoms with Gasteiger partial charge in [0.25, 0.3) is 0 Å². The summed E-state index contributed by atoms with van der Waals surface area (Å²) in [5.41, 5.74) is 3.30. The molecule has 3 aromatic carbocycles. The maximum Gasteiger partial charge on any atom is 0.244 e. The van der Waals surface area contributed by atoms with Crippen molar-refractivity contribution in [2.24, 2.45) is 5.92 Å². The van der Waals surface area contributed by atoms with E-state index in [9.17, 15) is 9.59 Å². The largest absolute Gasteiger partial charge is 0.488 e. The summed E-state index contributed by atoms with van der Waals surface area (Å²) in [6.07, 6.45) is 1.63. The van der Waals surface area contributed by atoms with Crippen LogP contribution in [0.1, 0.15) is 37.5 Å². The zero-order valence-electron chi connectivity index (χ0n) is 24.8. The van der Waals surface area contributed by atoms with E-state index in [1.807, 2.05) is 92.4 Å². The number of carbonyl (C=O) groups is 2. The van der Waals surface area contributed by atoms with Crippen LogP contribution in [0.15, 0.2) is 95.6 Å². The summed E-state index contributed by atoms with van der Waals surface area (Å²) in [4.78, 5) is 30.7. The fourth-order valence-electron chi connectivity index (χ4n) is 5.51. The number of hydrogen-bond acceptors (Lipinski definition) is 5. The molecule has 2 atom stereocenters. The van der Waals surface area contributed by atoms with Crippen LogP contribution in [0, 0.1) is 11.7 Å². The molecule has 7 nitrogen and oxygen atoms in total. The Labute approximate surface area is 252 Å². The fraction of sp³-hybridized carbons (Fsp3) is 0.314. The van der Waals surface area contributed by atoms with Crippen LogP contribution >= 0.6 is 0 Å². The van der Waals surface area contributed by atoms with Crippen LogP contribution in [0.4, 0.5) is 4.39 Å². The van der Waals surface area contributed by atoms with Gasteiger partial charge in [-0.2, -0.15) is 0 Å². The zero-order valence-corrected chi connectivity index (χ0v) is 24.8. The number of nitrogens with one attached hydrogen (secondary N) is 1. The lowest BCUT2D eigenvalue weighted by Crippen LogP contribution is -2.64. The first-order valence-electron chi connectivity index (χ1n) is 14.7. The van der Waals surface area contributed by atoms with Crippen LogP contribution in [-0.4, -0.2) is 46.8 Å². The average molecular weight is 584 g/mol. The normalized spacial score (nSPS) is 17.2. The zero-order chi connectivity index (χ0) is 30.3. The quantitative estimate of drug-likeness (QED) is 0.247. The first kappa shape index (κ1) is 30.0. The van der Waals surface area contributed by atoms with Gasteiger partial charge in [0.1, 0.15) is 30.0 Å². The second kappa shape index (κ2) is 13.7. The van der Waals surface area contributed by atoms with Crippen molar-refractivity contribution >= 4 is 11.8 Å². The fourth-order valence-corrected chi connectivity index (χ4v) is 5.51. The average Bonchev–Trinajstić information content (AvgIpc) is 3.55. The number of halogens is 1. The Bertz CT molecular complexity index is 1510. The SMILES string of the molecule is CC(C)C(=O)N1C(C)CN(Cc2c(F)cccc2OCc2ccccc2)CC1C(=O)NCc1ccc(-c2ccco2)cc1.